The van der Waals surface area contributed by atoms with E-state index in [0.717, 1.165) is 29.0 Å². The molecule has 0 heterocycles. The molecular weight excluding hydrogens is 684 g/mol. The standard InChI is InChI=1S/C25H32Br4O4/c1-13(2)7-21(30)32-23-17(26)9-15(10-18(23)27)25(5,6)16-11-19(28)24(20(29)12-16)33-22(31)8-14(3)4/h9-14,21-22,30-31H,7-8H2,1-6H3. The van der Waals surface area contributed by atoms with Crippen molar-refractivity contribution in [2.75, 3.05) is 0 Å². The van der Waals surface area contributed by atoms with Gasteiger partial charge < -0.3 is 19.7 Å². The Morgan fingerprint density at radius 3 is 1.18 bits per heavy atom. The Morgan fingerprint density at radius 1 is 0.667 bits per heavy atom. The van der Waals surface area contributed by atoms with Crippen LogP contribution in [0.15, 0.2) is 42.2 Å². The molecule has 0 aliphatic rings. The normalized spacial score (nSPS) is 14.0. The molecule has 0 spiro atoms. The highest BCUT2D eigenvalue weighted by atomic mass is 79.9. The molecule has 0 aliphatic heterocycles. The lowest BCUT2D eigenvalue weighted by Crippen LogP contribution is -2.21. The van der Waals surface area contributed by atoms with Gasteiger partial charge >= 0.3 is 0 Å². The summed E-state index contributed by atoms with van der Waals surface area (Å²) in [6.07, 6.45) is -0.646. The first-order valence-corrected chi connectivity index (χ1v) is 14.1. The minimum atomic E-state index is -0.873. The van der Waals surface area contributed by atoms with Crippen molar-refractivity contribution in [3.05, 3.63) is 53.3 Å². The molecule has 0 fully saturated rings. The molecule has 8 heteroatoms. The highest BCUT2D eigenvalue weighted by molar-refractivity contribution is 9.11. The van der Waals surface area contributed by atoms with Crippen LogP contribution in [-0.4, -0.2) is 22.8 Å². The molecule has 4 nitrogen and oxygen atoms in total. The van der Waals surface area contributed by atoms with Crippen molar-refractivity contribution in [3.8, 4) is 11.5 Å². The molecule has 2 unspecified atom stereocenters. The summed E-state index contributed by atoms with van der Waals surface area (Å²) in [5.41, 5.74) is 1.75. The maximum absolute atomic E-state index is 10.2. The smallest absolute Gasteiger partial charge is 0.197 e. The van der Waals surface area contributed by atoms with E-state index in [4.69, 9.17) is 9.47 Å². The third-order valence-corrected chi connectivity index (χ3v) is 7.65. The number of aliphatic hydroxyl groups excluding tert-OH is 2. The zero-order valence-corrected chi connectivity index (χ0v) is 26.1. The number of hydrogen-bond donors (Lipinski definition) is 2. The lowest BCUT2D eigenvalue weighted by atomic mass is 9.78. The quantitative estimate of drug-likeness (QED) is 0.242. The molecule has 0 radical (unpaired) electrons. The molecule has 2 aromatic carbocycles. The summed E-state index contributed by atoms with van der Waals surface area (Å²) in [6, 6.07) is 8.06. The summed E-state index contributed by atoms with van der Waals surface area (Å²) >= 11 is 14.4. The van der Waals surface area contributed by atoms with Crippen LogP contribution < -0.4 is 9.47 Å². The van der Waals surface area contributed by atoms with Gasteiger partial charge in [0.05, 0.1) is 17.9 Å². The molecule has 0 aromatic heterocycles. The van der Waals surface area contributed by atoms with E-state index in [1.54, 1.807) is 0 Å². The molecule has 0 saturated carbocycles. The Morgan fingerprint density at radius 2 is 0.939 bits per heavy atom. The van der Waals surface area contributed by atoms with Gasteiger partial charge in [0.1, 0.15) is 0 Å². The van der Waals surface area contributed by atoms with Gasteiger partial charge in [-0.1, -0.05) is 41.5 Å². The second-order valence-corrected chi connectivity index (χ2v) is 13.0. The van der Waals surface area contributed by atoms with Crippen molar-refractivity contribution in [2.45, 2.75) is 72.4 Å². The van der Waals surface area contributed by atoms with E-state index in [-0.39, 0.29) is 5.41 Å². The van der Waals surface area contributed by atoms with Crippen LogP contribution in [0.1, 0.15) is 65.5 Å². The molecule has 0 saturated heterocycles. The Kier molecular flexibility index (Phi) is 10.8. The Hall–Kier alpha value is -0.120. The van der Waals surface area contributed by atoms with E-state index in [1.807, 2.05) is 52.0 Å². The molecule has 33 heavy (non-hydrogen) atoms. The third-order valence-electron chi connectivity index (χ3n) is 5.29. The fourth-order valence-electron chi connectivity index (χ4n) is 3.41. The second kappa shape index (κ2) is 12.2. The molecule has 184 valence electrons. The molecule has 0 aliphatic carbocycles. The SMILES string of the molecule is CC(C)CC(O)Oc1c(Br)cc(C(C)(C)c2cc(Br)c(OC(O)CC(C)C)c(Br)c2)cc1Br. The minimum absolute atomic E-state index is 0.325. The maximum atomic E-state index is 10.2. The van der Waals surface area contributed by atoms with Gasteiger partial charge in [-0.25, -0.2) is 0 Å². The Balaban J connectivity index is 2.35. The van der Waals surface area contributed by atoms with Crippen molar-refractivity contribution in [1.29, 1.82) is 0 Å². The fraction of sp³-hybridized carbons (Fsp3) is 0.520. The van der Waals surface area contributed by atoms with Crippen LogP contribution in [0.2, 0.25) is 0 Å². The zero-order valence-electron chi connectivity index (χ0n) is 19.8. The largest absolute Gasteiger partial charge is 0.463 e. The topological polar surface area (TPSA) is 58.9 Å². The number of halogens is 4. The summed E-state index contributed by atoms with van der Waals surface area (Å²) in [5.74, 6) is 1.80. The van der Waals surface area contributed by atoms with E-state index < -0.39 is 12.6 Å². The van der Waals surface area contributed by atoms with Gasteiger partial charge in [-0.05, 0) is 111 Å². The molecule has 2 aromatic rings. The van der Waals surface area contributed by atoms with E-state index >= 15 is 0 Å². The van der Waals surface area contributed by atoms with Crippen molar-refractivity contribution in [1.82, 2.24) is 0 Å². The molecule has 0 bridgehead atoms. The predicted molar refractivity (Wildman–Crippen MR) is 148 cm³/mol. The van der Waals surface area contributed by atoms with Crippen LogP contribution in [0, 0.1) is 11.8 Å². The number of hydrogen-bond acceptors (Lipinski definition) is 4. The summed E-state index contributed by atoms with van der Waals surface area (Å²) in [4.78, 5) is 0. The summed E-state index contributed by atoms with van der Waals surface area (Å²) in [6.45, 7) is 12.4. The lowest BCUT2D eigenvalue weighted by Gasteiger charge is -2.29. The van der Waals surface area contributed by atoms with Crippen LogP contribution in [0.3, 0.4) is 0 Å². The fourth-order valence-corrected chi connectivity index (χ4v) is 6.15. The second-order valence-electron chi connectivity index (χ2n) is 9.57. The van der Waals surface area contributed by atoms with E-state index in [1.165, 1.54) is 0 Å². The van der Waals surface area contributed by atoms with Crippen LogP contribution >= 0.6 is 63.7 Å². The van der Waals surface area contributed by atoms with E-state index in [9.17, 15) is 10.2 Å². The average molecular weight is 716 g/mol. The van der Waals surface area contributed by atoms with Gasteiger partial charge in [-0.15, -0.1) is 0 Å². The summed E-state index contributed by atoms with van der Waals surface area (Å²) < 4.78 is 14.6. The Bertz CT molecular complexity index is 838. The highest BCUT2D eigenvalue weighted by Gasteiger charge is 2.28. The molecule has 2 atom stereocenters. The van der Waals surface area contributed by atoms with Crippen molar-refractivity contribution in [3.63, 3.8) is 0 Å². The molecule has 2 N–H and O–H groups in total. The van der Waals surface area contributed by atoms with Gasteiger partial charge in [0.2, 0.25) is 0 Å². The summed E-state index contributed by atoms with van der Waals surface area (Å²) in [5, 5.41) is 20.4. The van der Waals surface area contributed by atoms with Crippen LogP contribution in [0.25, 0.3) is 0 Å². The summed E-state index contributed by atoms with van der Waals surface area (Å²) in [7, 11) is 0. The number of aliphatic hydroxyl groups is 2. The van der Waals surface area contributed by atoms with Crippen LogP contribution in [0.5, 0.6) is 11.5 Å². The van der Waals surface area contributed by atoms with Gasteiger partial charge in [-0.3, -0.25) is 0 Å². The minimum Gasteiger partial charge on any atom is -0.463 e. The first kappa shape index (κ1) is 29.1. The van der Waals surface area contributed by atoms with Crippen molar-refractivity contribution >= 4 is 63.7 Å². The number of benzene rings is 2. The monoisotopic (exact) mass is 712 g/mol. The highest BCUT2D eigenvalue weighted by Crippen LogP contribution is 2.44. The van der Waals surface area contributed by atoms with Crippen molar-refractivity contribution in [2.24, 2.45) is 11.8 Å². The number of ether oxygens (including phenoxy) is 2. The zero-order chi connectivity index (χ0) is 25.1. The Labute approximate surface area is 231 Å². The first-order chi connectivity index (χ1) is 15.2. The molecule has 2 rings (SSSR count). The van der Waals surface area contributed by atoms with E-state index in [2.05, 4.69) is 77.6 Å². The van der Waals surface area contributed by atoms with E-state index in [0.29, 0.717) is 36.2 Å². The van der Waals surface area contributed by atoms with Gasteiger partial charge in [0.25, 0.3) is 0 Å². The van der Waals surface area contributed by atoms with Gasteiger partial charge in [0.15, 0.2) is 24.1 Å². The van der Waals surface area contributed by atoms with Gasteiger partial charge in [0, 0.05) is 18.3 Å². The number of rotatable bonds is 10. The van der Waals surface area contributed by atoms with Crippen LogP contribution in [0.4, 0.5) is 0 Å². The van der Waals surface area contributed by atoms with Crippen LogP contribution in [-0.2, 0) is 5.41 Å². The first-order valence-electron chi connectivity index (χ1n) is 10.9. The van der Waals surface area contributed by atoms with Crippen molar-refractivity contribution < 1.29 is 19.7 Å². The van der Waals surface area contributed by atoms with Gasteiger partial charge in [-0.2, -0.15) is 0 Å². The average Bonchev–Trinajstić information content (AvgIpc) is 2.66. The molecular formula is C25H32Br4O4. The maximum Gasteiger partial charge on any atom is 0.197 e. The predicted octanol–water partition coefficient (Wildman–Crippen LogP) is 8.55. The third kappa shape index (κ3) is 7.94. The molecule has 0 amide bonds. The lowest BCUT2D eigenvalue weighted by molar-refractivity contribution is -0.0329.